The van der Waals surface area contributed by atoms with Gasteiger partial charge >= 0.3 is 0 Å². The predicted octanol–water partition coefficient (Wildman–Crippen LogP) is 5.41. The second kappa shape index (κ2) is 6.29. The lowest BCUT2D eigenvalue weighted by molar-refractivity contribution is 1.34. The van der Waals surface area contributed by atoms with Gasteiger partial charge in [0.15, 0.2) is 5.17 Å². The number of hydrogen-bond donors (Lipinski definition) is 2. The molecule has 3 N–H and O–H groups in total. The number of amidine groups is 1. The molecule has 2 nitrogen and oxygen atoms in total. The lowest BCUT2D eigenvalue weighted by Crippen LogP contribution is -2.04. The molecule has 0 aliphatic heterocycles. The van der Waals surface area contributed by atoms with Gasteiger partial charge in [-0.2, -0.15) is 0 Å². The number of hydrogen-bond acceptors (Lipinski definition) is 2. The molecule has 0 heterocycles. The molecule has 0 amide bonds. The van der Waals surface area contributed by atoms with Gasteiger partial charge < -0.3 is 5.73 Å². The summed E-state index contributed by atoms with van der Waals surface area (Å²) in [5.41, 5.74) is 6.16. The first-order valence-corrected chi connectivity index (χ1v) is 7.95. The third kappa shape index (κ3) is 3.29. The number of thioether (sulfide) groups is 1. The summed E-state index contributed by atoms with van der Waals surface area (Å²) in [4.78, 5) is 0. The maximum atomic E-state index is 7.17. The van der Waals surface area contributed by atoms with Gasteiger partial charge in [0.2, 0.25) is 0 Å². The van der Waals surface area contributed by atoms with Gasteiger partial charge in [0.05, 0.1) is 14.5 Å². The fourth-order valence-corrected chi connectivity index (χ4v) is 4.62. The molecule has 88 valence electrons. The van der Waals surface area contributed by atoms with Crippen LogP contribution in [-0.2, 0) is 5.75 Å². The standard InChI is InChI=1S/C8H5Br3Cl2N2S/c9-3-2(1-16-8(14)15)4(10)7(13)5(11)6(3)12/h1H2,(H3,14,15). The van der Waals surface area contributed by atoms with Crippen LogP contribution in [0.15, 0.2) is 13.4 Å². The monoisotopic (exact) mass is 468 g/mol. The zero-order valence-electron chi connectivity index (χ0n) is 7.58. The summed E-state index contributed by atoms with van der Waals surface area (Å²) in [5.74, 6) is 0.517. The van der Waals surface area contributed by atoms with Crippen LogP contribution in [0, 0.1) is 5.41 Å². The lowest BCUT2D eigenvalue weighted by Gasteiger charge is -2.12. The van der Waals surface area contributed by atoms with Gasteiger partial charge in [-0.3, -0.25) is 5.41 Å². The molecule has 0 unspecified atom stereocenters. The molecule has 0 aromatic heterocycles. The summed E-state index contributed by atoms with van der Waals surface area (Å²) < 4.78 is 2.11. The van der Waals surface area contributed by atoms with E-state index in [1.165, 1.54) is 11.8 Å². The fraction of sp³-hybridized carbons (Fsp3) is 0.125. The molecule has 0 spiro atoms. The van der Waals surface area contributed by atoms with Crippen LogP contribution >= 0.6 is 82.8 Å². The Morgan fingerprint density at radius 2 is 1.56 bits per heavy atom. The molecule has 0 fully saturated rings. The van der Waals surface area contributed by atoms with Crippen molar-refractivity contribution < 1.29 is 0 Å². The summed E-state index contributed by atoms with van der Waals surface area (Å²) >= 11 is 23.4. The van der Waals surface area contributed by atoms with Gasteiger partial charge in [-0.25, -0.2) is 0 Å². The van der Waals surface area contributed by atoms with Crippen molar-refractivity contribution in [3.05, 3.63) is 29.0 Å². The van der Waals surface area contributed by atoms with E-state index in [1.807, 2.05) is 0 Å². The summed E-state index contributed by atoms with van der Waals surface area (Å²) in [6, 6.07) is 0. The molecule has 0 aliphatic carbocycles. The van der Waals surface area contributed by atoms with Crippen molar-refractivity contribution in [1.29, 1.82) is 5.41 Å². The number of benzene rings is 1. The Morgan fingerprint density at radius 3 is 1.94 bits per heavy atom. The van der Waals surface area contributed by atoms with E-state index in [2.05, 4.69) is 47.8 Å². The van der Waals surface area contributed by atoms with Crippen molar-refractivity contribution in [2.45, 2.75) is 5.75 Å². The van der Waals surface area contributed by atoms with E-state index in [0.29, 0.717) is 20.3 Å². The summed E-state index contributed by atoms with van der Waals surface area (Å²) in [6.45, 7) is 0. The van der Waals surface area contributed by atoms with Crippen molar-refractivity contribution in [2.75, 3.05) is 0 Å². The van der Waals surface area contributed by atoms with Crippen LogP contribution in [0.3, 0.4) is 0 Å². The van der Waals surface area contributed by atoms with Crippen LogP contribution < -0.4 is 5.73 Å². The topological polar surface area (TPSA) is 49.9 Å². The molecule has 0 aliphatic rings. The van der Waals surface area contributed by atoms with Crippen LogP contribution in [0.25, 0.3) is 0 Å². The average Bonchev–Trinajstić information content (AvgIpc) is 2.23. The maximum absolute atomic E-state index is 7.17. The van der Waals surface area contributed by atoms with Crippen molar-refractivity contribution in [1.82, 2.24) is 0 Å². The van der Waals surface area contributed by atoms with E-state index in [9.17, 15) is 0 Å². The molecule has 0 bridgehead atoms. The summed E-state index contributed by atoms with van der Waals surface area (Å²) in [6.07, 6.45) is 0. The second-order valence-corrected chi connectivity index (χ2v) is 6.85. The molecule has 0 radical (unpaired) electrons. The normalized spacial score (nSPS) is 10.6. The highest BCUT2D eigenvalue weighted by molar-refractivity contribution is 9.11. The van der Waals surface area contributed by atoms with Crippen molar-refractivity contribution >= 4 is 87.9 Å². The minimum absolute atomic E-state index is 0.0500. The molecule has 1 aromatic carbocycles. The Morgan fingerprint density at radius 1 is 1.12 bits per heavy atom. The largest absolute Gasteiger partial charge is 0.379 e. The Labute approximate surface area is 133 Å². The Hall–Kier alpha value is 1.06. The van der Waals surface area contributed by atoms with E-state index >= 15 is 0 Å². The Bertz CT molecular complexity index is 424. The van der Waals surface area contributed by atoms with Crippen LogP contribution in [0.4, 0.5) is 0 Å². The van der Waals surface area contributed by atoms with Crippen molar-refractivity contribution in [3.8, 4) is 0 Å². The second-order valence-electron chi connectivity index (χ2n) is 2.70. The Balaban J connectivity index is 3.23. The first kappa shape index (κ1) is 15.1. The van der Waals surface area contributed by atoms with Crippen molar-refractivity contribution in [2.24, 2.45) is 5.73 Å². The highest BCUT2D eigenvalue weighted by Gasteiger charge is 2.18. The molecule has 16 heavy (non-hydrogen) atoms. The highest BCUT2D eigenvalue weighted by Crippen LogP contribution is 2.45. The molecular formula is C8H5Br3Cl2N2S. The van der Waals surface area contributed by atoms with E-state index in [4.69, 9.17) is 34.3 Å². The van der Waals surface area contributed by atoms with E-state index < -0.39 is 0 Å². The van der Waals surface area contributed by atoms with Crippen LogP contribution in [-0.4, -0.2) is 5.17 Å². The lowest BCUT2D eigenvalue weighted by atomic mass is 10.2. The SMILES string of the molecule is N=C(N)SCc1c(Br)c(Cl)c(Br)c(Cl)c1Br. The zero-order chi connectivity index (χ0) is 12.5. The Kier molecular flexibility index (Phi) is 5.95. The average molecular weight is 472 g/mol. The van der Waals surface area contributed by atoms with Gasteiger partial charge in [-0.05, 0) is 53.4 Å². The van der Waals surface area contributed by atoms with Gasteiger partial charge in [-0.1, -0.05) is 35.0 Å². The van der Waals surface area contributed by atoms with E-state index in [1.54, 1.807) is 0 Å². The summed E-state index contributed by atoms with van der Waals surface area (Å²) in [5, 5.41) is 8.23. The zero-order valence-corrected chi connectivity index (χ0v) is 14.7. The highest BCUT2D eigenvalue weighted by atomic mass is 79.9. The molecule has 8 heteroatoms. The number of nitrogens with two attached hydrogens (primary N) is 1. The fourth-order valence-electron chi connectivity index (χ4n) is 0.927. The van der Waals surface area contributed by atoms with E-state index in [-0.39, 0.29) is 5.17 Å². The molecular weight excluding hydrogens is 467 g/mol. The number of nitrogens with one attached hydrogen (secondary N) is 1. The minimum Gasteiger partial charge on any atom is -0.379 e. The van der Waals surface area contributed by atoms with E-state index in [0.717, 1.165) is 14.5 Å². The quantitative estimate of drug-likeness (QED) is 0.262. The molecule has 0 saturated carbocycles. The predicted molar refractivity (Wildman–Crippen MR) is 82.8 cm³/mol. The number of halogens is 5. The van der Waals surface area contributed by atoms with Crippen LogP contribution in [0.5, 0.6) is 0 Å². The van der Waals surface area contributed by atoms with Gasteiger partial charge in [0, 0.05) is 14.7 Å². The van der Waals surface area contributed by atoms with Crippen LogP contribution in [0.2, 0.25) is 10.0 Å². The molecule has 1 rings (SSSR count). The van der Waals surface area contributed by atoms with Gasteiger partial charge in [0.25, 0.3) is 0 Å². The first-order chi connectivity index (χ1) is 7.36. The van der Waals surface area contributed by atoms with Crippen LogP contribution in [0.1, 0.15) is 5.56 Å². The molecule has 1 aromatic rings. The third-order valence-corrected chi connectivity index (χ3v) is 6.63. The molecule has 0 saturated heterocycles. The minimum atomic E-state index is 0.0500. The maximum Gasteiger partial charge on any atom is 0.151 e. The summed E-state index contributed by atoms with van der Waals surface area (Å²) in [7, 11) is 0. The third-order valence-electron chi connectivity index (χ3n) is 1.67. The van der Waals surface area contributed by atoms with Crippen molar-refractivity contribution in [3.63, 3.8) is 0 Å². The first-order valence-electron chi connectivity index (χ1n) is 3.83. The van der Waals surface area contributed by atoms with Gasteiger partial charge in [0.1, 0.15) is 0 Å². The smallest absolute Gasteiger partial charge is 0.151 e. The molecule has 0 atom stereocenters. The van der Waals surface area contributed by atoms with Gasteiger partial charge in [-0.15, -0.1) is 0 Å². The number of rotatable bonds is 2.